The Morgan fingerprint density at radius 3 is 2.37 bits per heavy atom. The Labute approximate surface area is 156 Å². The lowest BCUT2D eigenvalue weighted by molar-refractivity contribution is 0.324. The maximum absolute atomic E-state index is 5.75. The molecule has 0 radical (unpaired) electrons. The van der Waals surface area contributed by atoms with E-state index in [1.165, 1.54) is 6.39 Å². The van der Waals surface area contributed by atoms with Crippen LogP contribution in [0, 0.1) is 0 Å². The van der Waals surface area contributed by atoms with Gasteiger partial charge >= 0.3 is 0 Å². The second kappa shape index (κ2) is 6.68. The summed E-state index contributed by atoms with van der Waals surface area (Å²) in [6, 6.07) is 9.65. The topological polar surface area (TPSA) is 71.5 Å². The summed E-state index contributed by atoms with van der Waals surface area (Å²) < 4.78 is 24.0. The minimum absolute atomic E-state index is 0.528. The molecule has 7 heteroatoms. The van der Waals surface area contributed by atoms with E-state index in [1.54, 1.807) is 27.7 Å². The molecule has 27 heavy (non-hydrogen) atoms. The number of methoxy groups -OCH3 is 3. The molecule has 4 aromatic rings. The third kappa shape index (κ3) is 2.68. The van der Waals surface area contributed by atoms with Gasteiger partial charge in [-0.25, -0.2) is 9.97 Å². The molecule has 0 atom stereocenters. The number of ether oxygens (including phenoxy) is 3. The highest BCUT2D eigenvalue weighted by molar-refractivity contribution is 5.94. The number of para-hydroxylation sites is 1. The zero-order valence-corrected chi connectivity index (χ0v) is 15.5. The summed E-state index contributed by atoms with van der Waals surface area (Å²) in [5.41, 5.74) is 4.20. The first-order chi connectivity index (χ1) is 13.2. The highest BCUT2D eigenvalue weighted by atomic mass is 16.5. The predicted octanol–water partition coefficient (Wildman–Crippen LogP) is 3.92. The van der Waals surface area contributed by atoms with Gasteiger partial charge in [-0.2, -0.15) is 0 Å². The molecule has 0 unspecified atom stereocenters. The van der Waals surface area contributed by atoms with Gasteiger partial charge in [0.2, 0.25) is 5.75 Å². The monoisotopic (exact) mass is 365 g/mol. The number of aryl methyl sites for hydroxylation is 1. The lowest BCUT2D eigenvalue weighted by atomic mass is 10.0. The normalized spacial score (nSPS) is 11.0. The summed E-state index contributed by atoms with van der Waals surface area (Å²) in [6.45, 7) is 0. The van der Waals surface area contributed by atoms with Crippen molar-refractivity contribution in [1.82, 2.24) is 14.5 Å². The van der Waals surface area contributed by atoms with Crippen LogP contribution < -0.4 is 14.2 Å². The number of rotatable bonds is 5. The molecule has 0 saturated heterocycles. The minimum Gasteiger partial charge on any atom is -0.493 e. The van der Waals surface area contributed by atoms with E-state index in [9.17, 15) is 0 Å². The minimum atomic E-state index is 0.528. The smallest absolute Gasteiger partial charge is 0.203 e. The standard InChI is InChI=1S/C20H19N3O4/c1-23-10-21-18-13(6-5-7-14(18)23)19-17(22-11-27-19)12-8-15(24-2)20(26-4)16(9-12)25-3/h5-11H,1-4H3. The van der Waals surface area contributed by atoms with Gasteiger partial charge in [0.25, 0.3) is 0 Å². The SMILES string of the molecule is COc1cc(-c2ncoc2-c2cccc3c2ncn3C)cc(OC)c1OC. The third-order valence-corrected chi connectivity index (χ3v) is 4.50. The Morgan fingerprint density at radius 2 is 1.70 bits per heavy atom. The molecule has 2 aromatic heterocycles. The second-order valence-electron chi connectivity index (χ2n) is 5.97. The fourth-order valence-corrected chi connectivity index (χ4v) is 3.20. The number of imidazole rings is 1. The first-order valence-corrected chi connectivity index (χ1v) is 8.32. The second-order valence-corrected chi connectivity index (χ2v) is 5.97. The van der Waals surface area contributed by atoms with Crippen LogP contribution in [0.1, 0.15) is 0 Å². The quantitative estimate of drug-likeness (QED) is 0.534. The number of benzene rings is 2. The summed E-state index contributed by atoms with van der Waals surface area (Å²) in [5, 5.41) is 0. The highest BCUT2D eigenvalue weighted by Crippen LogP contribution is 2.43. The fraction of sp³-hybridized carbons (Fsp3) is 0.200. The fourth-order valence-electron chi connectivity index (χ4n) is 3.20. The van der Waals surface area contributed by atoms with Crippen molar-refractivity contribution in [2.45, 2.75) is 0 Å². The molecule has 0 aliphatic carbocycles. The van der Waals surface area contributed by atoms with Crippen molar-refractivity contribution in [3.05, 3.63) is 43.1 Å². The first-order valence-electron chi connectivity index (χ1n) is 8.32. The van der Waals surface area contributed by atoms with E-state index in [0.717, 1.165) is 22.2 Å². The zero-order valence-electron chi connectivity index (χ0n) is 15.5. The van der Waals surface area contributed by atoms with Crippen LogP contribution in [0.15, 0.2) is 47.5 Å². The van der Waals surface area contributed by atoms with E-state index in [0.29, 0.717) is 28.7 Å². The Balaban J connectivity index is 1.92. The molecule has 0 spiro atoms. The van der Waals surface area contributed by atoms with E-state index >= 15 is 0 Å². The van der Waals surface area contributed by atoms with Crippen LogP contribution in [0.25, 0.3) is 33.6 Å². The Bertz CT molecular complexity index is 1090. The van der Waals surface area contributed by atoms with Crippen LogP contribution in [0.4, 0.5) is 0 Å². The molecule has 2 heterocycles. The Kier molecular flexibility index (Phi) is 4.19. The van der Waals surface area contributed by atoms with Crippen LogP contribution in [-0.2, 0) is 7.05 Å². The van der Waals surface area contributed by atoms with E-state index in [4.69, 9.17) is 18.6 Å². The zero-order chi connectivity index (χ0) is 19.0. The molecule has 7 nitrogen and oxygen atoms in total. The van der Waals surface area contributed by atoms with Crippen molar-refractivity contribution in [3.63, 3.8) is 0 Å². The largest absolute Gasteiger partial charge is 0.493 e. The number of nitrogens with zero attached hydrogens (tertiary/aromatic N) is 3. The van der Waals surface area contributed by atoms with Gasteiger partial charge in [0, 0.05) is 18.2 Å². The van der Waals surface area contributed by atoms with Gasteiger partial charge in [-0.3, -0.25) is 0 Å². The van der Waals surface area contributed by atoms with E-state index in [2.05, 4.69) is 9.97 Å². The average molecular weight is 365 g/mol. The molecule has 0 amide bonds. The molecule has 0 aliphatic rings. The van der Waals surface area contributed by atoms with Crippen LogP contribution >= 0.6 is 0 Å². The third-order valence-electron chi connectivity index (χ3n) is 4.50. The van der Waals surface area contributed by atoms with Crippen LogP contribution in [0.3, 0.4) is 0 Å². The van der Waals surface area contributed by atoms with E-state index in [1.807, 2.05) is 41.9 Å². The molecule has 138 valence electrons. The lowest BCUT2D eigenvalue weighted by Gasteiger charge is -2.13. The van der Waals surface area contributed by atoms with Gasteiger partial charge < -0.3 is 23.2 Å². The average Bonchev–Trinajstić information content (AvgIpc) is 3.34. The van der Waals surface area contributed by atoms with Crippen LogP contribution in [0.5, 0.6) is 17.2 Å². The lowest BCUT2D eigenvalue weighted by Crippen LogP contribution is -1.96. The Morgan fingerprint density at radius 1 is 0.963 bits per heavy atom. The molecular weight excluding hydrogens is 346 g/mol. The number of fused-ring (bicyclic) bond motifs is 1. The summed E-state index contributed by atoms with van der Waals surface area (Å²) in [4.78, 5) is 8.94. The predicted molar refractivity (Wildman–Crippen MR) is 101 cm³/mol. The van der Waals surface area contributed by atoms with Gasteiger partial charge in [0.15, 0.2) is 23.7 Å². The molecule has 4 rings (SSSR count). The summed E-state index contributed by atoms with van der Waals surface area (Å²) in [6.07, 6.45) is 3.21. The van der Waals surface area contributed by atoms with E-state index in [-0.39, 0.29) is 0 Å². The first kappa shape index (κ1) is 17.0. The summed E-state index contributed by atoms with van der Waals surface area (Å²) in [7, 11) is 6.70. The van der Waals surface area contributed by atoms with Crippen molar-refractivity contribution >= 4 is 11.0 Å². The van der Waals surface area contributed by atoms with Crippen molar-refractivity contribution < 1.29 is 18.6 Å². The van der Waals surface area contributed by atoms with Crippen molar-refractivity contribution in [2.75, 3.05) is 21.3 Å². The maximum atomic E-state index is 5.75. The molecular formula is C20H19N3O4. The molecule has 0 bridgehead atoms. The molecule has 0 saturated carbocycles. The number of oxazole rings is 1. The van der Waals surface area contributed by atoms with Gasteiger partial charge in [0.05, 0.1) is 38.7 Å². The van der Waals surface area contributed by atoms with Crippen LogP contribution in [0.2, 0.25) is 0 Å². The highest BCUT2D eigenvalue weighted by Gasteiger charge is 2.21. The molecule has 0 N–H and O–H groups in total. The van der Waals surface area contributed by atoms with Gasteiger partial charge in [-0.1, -0.05) is 6.07 Å². The summed E-state index contributed by atoms with van der Waals surface area (Å²) in [5.74, 6) is 2.27. The van der Waals surface area contributed by atoms with Gasteiger partial charge in [0.1, 0.15) is 5.69 Å². The van der Waals surface area contributed by atoms with E-state index < -0.39 is 0 Å². The Hall–Kier alpha value is -3.48. The van der Waals surface area contributed by atoms with Crippen molar-refractivity contribution in [3.8, 4) is 39.8 Å². The molecule has 0 aliphatic heterocycles. The van der Waals surface area contributed by atoms with Crippen molar-refractivity contribution in [1.29, 1.82) is 0 Å². The number of hydrogen-bond donors (Lipinski definition) is 0. The number of aromatic nitrogens is 3. The van der Waals surface area contributed by atoms with Gasteiger partial charge in [-0.15, -0.1) is 0 Å². The molecule has 0 fully saturated rings. The molecule has 2 aromatic carbocycles. The maximum Gasteiger partial charge on any atom is 0.203 e. The van der Waals surface area contributed by atoms with Crippen molar-refractivity contribution in [2.24, 2.45) is 7.05 Å². The summed E-state index contributed by atoms with van der Waals surface area (Å²) >= 11 is 0. The number of hydrogen-bond acceptors (Lipinski definition) is 6. The van der Waals surface area contributed by atoms with Crippen LogP contribution in [-0.4, -0.2) is 35.9 Å². The van der Waals surface area contributed by atoms with Gasteiger partial charge in [-0.05, 0) is 24.3 Å².